The van der Waals surface area contributed by atoms with Crippen LogP contribution in [0.15, 0.2) is 30.3 Å². The molecule has 2 N–H and O–H groups in total. The largest absolute Gasteiger partial charge is 0.481 e. The van der Waals surface area contributed by atoms with Crippen LogP contribution in [-0.4, -0.2) is 23.2 Å². The zero-order valence-electron chi connectivity index (χ0n) is 14.7. The Kier molecular flexibility index (Phi) is 5.94. The molecule has 3 rings (SSSR count). The summed E-state index contributed by atoms with van der Waals surface area (Å²) in [6, 6.07) is 11.3. The van der Waals surface area contributed by atoms with Crippen LogP contribution >= 0.6 is 0 Å². The minimum Gasteiger partial charge on any atom is -0.481 e. The predicted octanol–water partition coefficient (Wildman–Crippen LogP) is 4.56. The third-order valence-electron chi connectivity index (χ3n) is 6.22. The second-order valence-electron chi connectivity index (χ2n) is 7.85. The second kappa shape index (κ2) is 8.15. The molecule has 1 aromatic carbocycles. The zero-order chi connectivity index (χ0) is 16.8. The highest BCUT2D eigenvalue weighted by atomic mass is 16.4. The Hall–Kier alpha value is -1.35. The van der Waals surface area contributed by atoms with Crippen molar-refractivity contribution < 1.29 is 9.90 Å². The maximum absolute atomic E-state index is 11.1. The number of benzene rings is 1. The molecule has 1 aromatic rings. The molecule has 2 aliphatic rings. The Morgan fingerprint density at radius 1 is 1.12 bits per heavy atom. The molecule has 2 unspecified atom stereocenters. The summed E-state index contributed by atoms with van der Waals surface area (Å²) in [7, 11) is 0. The lowest BCUT2D eigenvalue weighted by Gasteiger charge is -2.41. The van der Waals surface area contributed by atoms with Crippen LogP contribution in [0.3, 0.4) is 0 Å². The van der Waals surface area contributed by atoms with Crippen LogP contribution in [0.5, 0.6) is 0 Å². The van der Waals surface area contributed by atoms with Crippen molar-refractivity contribution in [2.45, 2.75) is 82.7 Å². The molecule has 0 aliphatic heterocycles. The van der Waals surface area contributed by atoms with Gasteiger partial charge in [0, 0.05) is 18.5 Å². The first kappa shape index (κ1) is 17.5. The van der Waals surface area contributed by atoms with Crippen molar-refractivity contribution in [3.8, 4) is 0 Å². The van der Waals surface area contributed by atoms with Crippen molar-refractivity contribution in [3.05, 3.63) is 35.9 Å². The second-order valence-corrected chi connectivity index (χ2v) is 7.85. The number of hydrogen-bond donors (Lipinski definition) is 2. The van der Waals surface area contributed by atoms with E-state index in [9.17, 15) is 4.79 Å². The van der Waals surface area contributed by atoms with E-state index in [0.717, 1.165) is 12.8 Å². The van der Waals surface area contributed by atoms with Crippen molar-refractivity contribution in [1.29, 1.82) is 0 Å². The number of hydrogen-bond acceptors (Lipinski definition) is 2. The summed E-state index contributed by atoms with van der Waals surface area (Å²) >= 11 is 0. The van der Waals surface area contributed by atoms with Crippen molar-refractivity contribution in [2.24, 2.45) is 5.41 Å². The first-order valence-electron chi connectivity index (χ1n) is 9.70. The monoisotopic (exact) mass is 329 g/mol. The van der Waals surface area contributed by atoms with E-state index < -0.39 is 5.97 Å². The Balaban J connectivity index is 1.66. The summed E-state index contributed by atoms with van der Waals surface area (Å²) in [6.07, 6.45) is 12.7. The Bertz CT molecular complexity index is 522. The normalized spacial score (nSPS) is 24.1. The molecule has 3 nitrogen and oxygen atoms in total. The summed E-state index contributed by atoms with van der Waals surface area (Å²) in [5.41, 5.74) is 1.80. The van der Waals surface area contributed by atoms with Gasteiger partial charge in [-0.25, -0.2) is 0 Å². The Morgan fingerprint density at radius 2 is 1.83 bits per heavy atom. The highest BCUT2D eigenvalue weighted by Gasteiger charge is 2.43. The van der Waals surface area contributed by atoms with Gasteiger partial charge in [-0.1, -0.05) is 56.0 Å². The quantitative estimate of drug-likeness (QED) is 0.771. The molecule has 0 bridgehead atoms. The number of carboxylic acid groups (broad SMARTS) is 1. The molecule has 132 valence electrons. The van der Waals surface area contributed by atoms with E-state index in [-0.39, 0.29) is 12.5 Å². The van der Waals surface area contributed by atoms with E-state index in [1.807, 2.05) is 6.07 Å². The molecule has 0 amide bonds. The lowest BCUT2D eigenvalue weighted by molar-refractivity contribution is -0.137. The van der Waals surface area contributed by atoms with E-state index in [1.165, 1.54) is 56.9 Å². The number of nitrogens with one attached hydrogen (secondary N) is 1. The van der Waals surface area contributed by atoms with Crippen LogP contribution in [0.2, 0.25) is 0 Å². The number of carboxylic acids is 1. The summed E-state index contributed by atoms with van der Waals surface area (Å²) < 4.78 is 0. The SMILES string of the molecule is O=C(O)CCC(Cc1ccccc1)NC1CCCC12CCCCC2. The zero-order valence-corrected chi connectivity index (χ0v) is 14.7. The van der Waals surface area contributed by atoms with Gasteiger partial charge in [-0.3, -0.25) is 4.79 Å². The summed E-state index contributed by atoms with van der Waals surface area (Å²) in [4.78, 5) is 11.1. The van der Waals surface area contributed by atoms with Gasteiger partial charge in [-0.2, -0.15) is 0 Å². The molecular weight excluding hydrogens is 298 g/mol. The van der Waals surface area contributed by atoms with Gasteiger partial charge in [0.15, 0.2) is 0 Å². The van der Waals surface area contributed by atoms with Crippen molar-refractivity contribution in [1.82, 2.24) is 5.32 Å². The van der Waals surface area contributed by atoms with Gasteiger partial charge in [0.25, 0.3) is 0 Å². The van der Waals surface area contributed by atoms with Crippen LogP contribution in [0.25, 0.3) is 0 Å². The van der Waals surface area contributed by atoms with Crippen molar-refractivity contribution in [2.75, 3.05) is 0 Å². The van der Waals surface area contributed by atoms with Crippen molar-refractivity contribution >= 4 is 5.97 Å². The third kappa shape index (κ3) is 4.38. The molecule has 24 heavy (non-hydrogen) atoms. The van der Waals surface area contributed by atoms with E-state index >= 15 is 0 Å². The van der Waals surface area contributed by atoms with Crippen LogP contribution in [0.1, 0.15) is 69.8 Å². The molecular formula is C21H31NO2. The predicted molar refractivity (Wildman–Crippen MR) is 97.1 cm³/mol. The van der Waals surface area contributed by atoms with Gasteiger partial charge in [0.1, 0.15) is 0 Å². The Morgan fingerprint density at radius 3 is 2.54 bits per heavy atom. The maximum atomic E-state index is 11.1. The standard InChI is InChI=1S/C21H31NO2/c23-20(24)12-11-18(16-17-8-3-1-4-9-17)22-19-10-7-15-21(19)13-5-2-6-14-21/h1,3-4,8-9,18-19,22H,2,5-7,10-16H2,(H,23,24). The van der Waals surface area contributed by atoms with E-state index in [2.05, 4.69) is 29.6 Å². The molecule has 0 aromatic heterocycles. The van der Waals surface area contributed by atoms with Gasteiger partial charge in [-0.05, 0) is 49.5 Å². The molecule has 2 saturated carbocycles. The fraction of sp³-hybridized carbons (Fsp3) is 0.667. The molecule has 0 radical (unpaired) electrons. The average Bonchev–Trinajstić information content (AvgIpc) is 2.96. The lowest BCUT2D eigenvalue weighted by atomic mass is 9.70. The first-order valence-corrected chi connectivity index (χ1v) is 9.70. The number of rotatable bonds is 7. The highest BCUT2D eigenvalue weighted by molar-refractivity contribution is 5.66. The van der Waals surface area contributed by atoms with Crippen LogP contribution in [-0.2, 0) is 11.2 Å². The average molecular weight is 329 g/mol. The van der Waals surface area contributed by atoms with Gasteiger partial charge in [0.05, 0.1) is 0 Å². The first-order chi connectivity index (χ1) is 11.7. The van der Waals surface area contributed by atoms with Crippen LogP contribution in [0.4, 0.5) is 0 Å². The Labute approximate surface area is 145 Å². The van der Waals surface area contributed by atoms with Crippen molar-refractivity contribution in [3.63, 3.8) is 0 Å². The minimum absolute atomic E-state index is 0.254. The smallest absolute Gasteiger partial charge is 0.303 e. The minimum atomic E-state index is -0.686. The molecule has 1 spiro atoms. The molecule has 2 atom stereocenters. The van der Waals surface area contributed by atoms with Gasteiger partial charge >= 0.3 is 5.97 Å². The molecule has 3 heteroatoms. The summed E-state index contributed by atoms with van der Waals surface area (Å²) in [6.45, 7) is 0. The summed E-state index contributed by atoms with van der Waals surface area (Å²) in [5, 5.41) is 13.0. The highest BCUT2D eigenvalue weighted by Crippen LogP contribution is 2.49. The summed E-state index contributed by atoms with van der Waals surface area (Å²) in [5.74, 6) is -0.686. The van der Waals surface area contributed by atoms with Gasteiger partial charge in [0.2, 0.25) is 0 Å². The maximum Gasteiger partial charge on any atom is 0.303 e. The number of aliphatic carboxylic acids is 1. The topological polar surface area (TPSA) is 49.3 Å². The van der Waals surface area contributed by atoms with Gasteiger partial charge < -0.3 is 10.4 Å². The van der Waals surface area contributed by atoms with E-state index in [4.69, 9.17) is 5.11 Å². The van der Waals surface area contributed by atoms with Crippen LogP contribution in [0, 0.1) is 5.41 Å². The fourth-order valence-corrected chi connectivity index (χ4v) is 4.98. The number of carbonyl (C=O) groups is 1. The molecule has 2 aliphatic carbocycles. The van der Waals surface area contributed by atoms with E-state index in [0.29, 0.717) is 11.5 Å². The third-order valence-corrected chi connectivity index (χ3v) is 6.22. The van der Waals surface area contributed by atoms with Crippen LogP contribution < -0.4 is 5.32 Å². The van der Waals surface area contributed by atoms with Gasteiger partial charge in [-0.15, -0.1) is 0 Å². The fourth-order valence-electron chi connectivity index (χ4n) is 4.98. The van der Waals surface area contributed by atoms with E-state index in [1.54, 1.807) is 0 Å². The lowest BCUT2D eigenvalue weighted by Crippen LogP contribution is -2.48. The molecule has 2 fully saturated rings. The molecule has 0 saturated heterocycles. The molecule has 0 heterocycles.